The van der Waals surface area contributed by atoms with Crippen molar-refractivity contribution in [2.75, 3.05) is 13.2 Å². The molecular formula is C74H128O6. The molecule has 1 unspecified atom stereocenters. The zero-order chi connectivity index (χ0) is 57.8. The number of allylic oxidation sites excluding steroid dienone is 16. The van der Waals surface area contributed by atoms with E-state index in [9.17, 15) is 14.4 Å². The van der Waals surface area contributed by atoms with Gasteiger partial charge in [-0.1, -0.05) is 311 Å². The standard InChI is InChI=1S/C74H128O6/c1-4-7-10-13-16-19-21-23-25-27-29-31-33-35-36-37-38-40-41-43-45-47-49-51-53-55-58-61-64-67-73(76)79-70-71(69-78-72(75)66-63-60-57-18-15-12-9-6-3)80-74(77)68-65-62-59-56-54-52-50-48-46-44-42-39-34-32-30-28-26-24-22-20-17-14-11-8-5-2/h8,11,17,20-21,23-24,26-27,29-30,32,39,42,46,48,71H,4-7,9-10,12-16,18-19,22,25,28,31,33-38,40-41,43-45,47,49-70H2,1-3H3/b11-8-,20-17-,23-21-,26-24-,29-27-,32-30-,42-39-,48-46-. The van der Waals surface area contributed by atoms with Crippen molar-refractivity contribution in [3.8, 4) is 0 Å². The lowest BCUT2D eigenvalue weighted by molar-refractivity contribution is -0.167. The molecule has 0 amide bonds. The van der Waals surface area contributed by atoms with Crippen molar-refractivity contribution in [3.63, 3.8) is 0 Å². The minimum absolute atomic E-state index is 0.0807. The largest absolute Gasteiger partial charge is 0.462 e. The van der Waals surface area contributed by atoms with Gasteiger partial charge in [0.05, 0.1) is 0 Å². The second-order valence-electron chi connectivity index (χ2n) is 22.7. The summed E-state index contributed by atoms with van der Waals surface area (Å²) in [6, 6.07) is 0. The van der Waals surface area contributed by atoms with Crippen LogP contribution >= 0.6 is 0 Å². The highest BCUT2D eigenvalue weighted by Crippen LogP contribution is 2.17. The fraction of sp³-hybridized carbons (Fsp3) is 0.743. The Bertz CT molecular complexity index is 1560. The van der Waals surface area contributed by atoms with Crippen LogP contribution in [0.5, 0.6) is 0 Å². The molecule has 0 aliphatic carbocycles. The number of unbranched alkanes of at least 4 members (excludes halogenated alkanes) is 35. The fourth-order valence-electron chi connectivity index (χ4n) is 9.71. The summed E-state index contributed by atoms with van der Waals surface area (Å²) >= 11 is 0. The van der Waals surface area contributed by atoms with E-state index in [1.165, 1.54) is 180 Å². The normalized spacial score (nSPS) is 12.7. The third-order valence-electron chi connectivity index (χ3n) is 14.8. The maximum absolute atomic E-state index is 12.9. The molecule has 6 heteroatoms. The van der Waals surface area contributed by atoms with Crippen molar-refractivity contribution >= 4 is 17.9 Å². The molecule has 0 bridgehead atoms. The van der Waals surface area contributed by atoms with Crippen molar-refractivity contribution in [2.24, 2.45) is 0 Å². The lowest BCUT2D eigenvalue weighted by atomic mass is 10.0. The van der Waals surface area contributed by atoms with Crippen molar-refractivity contribution in [1.82, 2.24) is 0 Å². The molecule has 0 rings (SSSR count). The van der Waals surface area contributed by atoms with E-state index in [1.54, 1.807) is 0 Å². The molecule has 0 radical (unpaired) electrons. The van der Waals surface area contributed by atoms with Crippen molar-refractivity contribution < 1.29 is 28.6 Å². The van der Waals surface area contributed by atoms with Crippen LogP contribution in [0, 0.1) is 0 Å². The van der Waals surface area contributed by atoms with E-state index >= 15 is 0 Å². The molecule has 0 aliphatic heterocycles. The minimum atomic E-state index is -0.784. The van der Waals surface area contributed by atoms with Gasteiger partial charge in [0.15, 0.2) is 6.10 Å². The van der Waals surface area contributed by atoms with E-state index in [1.807, 2.05) is 0 Å². The highest BCUT2D eigenvalue weighted by atomic mass is 16.6. The molecule has 80 heavy (non-hydrogen) atoms. The Hall–Kier alpha value is -3.67. The van der Waals surface area contributed by atoms with Gasteiger partial charge < -0.3 is 14.2 Å². The van der Waals surface area contributed by atoms with Gasteiger partial charge in [0.25, 0.3) is 0 Å². The molecule has 460 valence electrons. The second-order valence-corrected chi connectivity index (χ2v) is 22.7. The zero-order valence-electron chi connectivity index (χ0n) is 52.8. The number of ether oxygens (including phenoxy) is 3. The SMILES string of the molecule is CC/C=C\C/C=C\C/C=C\C/C=C\C/C=C\C/C=C\CCCCCCCCC(=O)OC(COC(=O)CCCCCCCCCC)COC(=O)CCCCCCCCCCCCCCCCCCC/C=C\C/C=C\CCCCCCC. The van der Waals surface area contributed by atoms with Gasteiger partial charge in [0, 0.05) is 19.3 Å². The Morgan fingerprint density at radius 1 is 0.263 bits per heavy atom. The lowest BCUT2D eigenvalue weighted by Gasteiger charge is -2.18. The molecule has 0 spiro atoms. The molecule has 0 saturated heterocycles. The summed E-state index contributed by atoms with van der Waals surface area (Å²) in [5, 5.41) is 0. The molecule has 6 nitrogen and oxygen atoms in total. The molecule has 0 N–H and O–H groups in total. The van der Waals surface area contributed by atoms with Gasteiger partial charge in [-0.15, -0.1) is 0 Å². The summed E-state index contributed by atoms with van der Waals surface area (Å²) in [6.45, 7) is 6.51. The van der Waals surface area contributed by atoms with E-state index < -0.39 is 6.10 Å². The van der Waals surface area contributed by atoms with Crippen LogP contribution in [-0.2, 0) is 28.6 Å². The van der Waals surface area contributed by atoms with Crippen molar-refractivity contribution in [2.45, 2.75) is 341 Å². The number of carbonyl (C=O) groups excluding carboxylic acids is 3. The number of carbonyl (C=O) groups is 3. The van der Waals surface area contributed by atoms with E-state index in [0.29, 0.717) is 19.3 Å². The van der Waals surface area contributed by atoms with Crippen LogP contribution in [0.15, 0.2) is 97.2 Å². The molecule has 0 heterocycles. The van der Waals surface area contributed by atoms with E-state index in [0.717, 1.165) is 116 Å². The highest BCUT2D eigenvalue weighted by Gasteiger charge is 2.19. The lowest BCUT2D eigenvalue weighted by Crippen LogP contribution is -2.30. The van der Waals surface area contributed by atoms with Gasteiger partial charge in [-0.25, -0.2) is 0 Å². The fourth-order valence-corrected chi connectivity index (χ4v) is 9.71. The van der Waals surface area contributed by atoms with Crippen molar-refractivity contribution in [3.05, 3.63) is 97.2 Å². The Morgan fingerprint density at radius 2 is 0.487 bits per heavy atom. The first kappa shape index (κ1) is 76.3. The summed E-state index contributed by atoms with van der Waals surface area (Å²) in [6.07, 6.45) is 91.6. The van der Waals surface area contributed by atoms with E-state index in [4.69, 9.17) is 14.2 Å². The summed E-state index contributed by atoms with van der Waals surface area (Å²) < 4.78 is 16.9. The Labute approximate surface area is 496 Å². The van der Waals surface area contributed by atoms with E-state index in [2.05, 4.69) is 118 Å². The maximum Gasteiger partial charge on any atom is 0.306 e. The third-order valence-corrected chi connectivity index (χ3v) is 14.8. The first-order valence-corrected chi connectivity index (χ1v) is 34.2. The first-order valence-electron chi connectivity index (χ1n) is 34.2. The van der Waals surface area contributed by atoms with Crippen LogP contribution < -0.4 is 0 Å². The zero-order valence-corrected chi connectivity index (χ0v) is 52.8. The molecule has 0 aromatic carbocycles. The van der Waals surface area contributed by atoms with Crippen LogP contribution in [0.25, 0.3) is 0 Å². The molecule has 0 aromatic rings. The average molecular weight is 1110 g/mol. The smallest absolute Gasteiger partial charge is 0.306 e. The molecule has 0 fully saturated rings. The molecule has 0 aliphatic rings. The average Bonchev–Trinajstić information content (AvgIpc) is 3.46. The van der Waals surface area contributed by atoms with Crippen LogP contribution in [0.4, 0.5) is 0 Å². The van der Waals surface area contributed by atoms with Gasteiger partial charge >= 0.3 is 17.9 Å². The number of hydrogen-bond acceptors (Lipinski definition) is 6. The number of hydrogen-bond donors (Lipinski definition) is 0. The monoisotopic (exact) mass is 1110 g/mol. The molecule has 1 atom stereocenters. The van der Waals surface area contributed by atoms with Gasteiger partial charge in [-0.2, -0.15) is 0 Å². The van der Waals surface area contributed by atoms with Crippen LogP contribution in [0.1, 0.15) is 335 Å². The summed E-state index contributed by atoms with van der Waals surface area (Å²) in [4.78, 5) is 38.2. The van der Waals surface area contributed by atoms with Crippen LogP contribution in [0.3, 0.4) is 0 Å². The van der Waals surface area contributed by atoms with Crippen molar-refractivity contribution in [1.29, 1.82) is 0 Å². The van der Waals surface area contributed by atoms with Gasteiger partial charge in [-0.3, -0.25) is 14.4 Å². The molecule has 0 aromatic heterocycles. The summed E-state index contributed by atoms with van der Waals surface area (Å²) in [5.74, 6) is -0.887. The second kappa shape index (κ2) is 67.8. The maximum atomic E-state index is 12.9. The predicted molar refractivity (Wildman–Crippen MR) is 348 cm³/mol. The van der Waals surface area contributed by atoms with Gasteiger partial charge in [-0.05, 0) is 103 Å². The third kappa shape index (κ3) is 65.1. The number of rotatable bonds is 62. The first-order chi connectivity index (χ1) is 39.5. The van der Waals surface area contributed by atoms with Crippen LogP contribution in [0.2, 0.25) is 0 Å². The Morgan fingerprint density at radius 3 is 0.762 bits per heavy atom. The summed E-state index contributed by atoms with van der Waals surface area (Å²) in [7, 11) is 0. The minimum Gasteiger partial charge on any atom is -0.462 e. The quantitative estimate of drug-likeness (QED) is 0.0261. The Kier molecular flexibility index (Phi) is 64.7. The highest BCUT2D eigenvalue weighted by molar-refractivity contribution is 5.71. The van der Waals surface area contributed by atoms with Gasteiger partial charge in [0.2, 0.25) is 0 Å². The predicted octanol–water partition coefficient (Wildman–Crippen LogP) is 23.6. The summed E-state index contributed by atoms with van der Waals surface area (Å²) in [5.41, 5.74) is 0. The molecule has 0 saturated carbocycles. The Balaban J connectivity index is 4.15. The molecular weight excluding hydrogens is 985 g/mol. The van der Waals surface area contributed by atoms with Gasteiger partial charge in [0.1, 0.15) is 13.2 Å². The van der Waals surface area contributed by atoms with E-state index in [-0.39, 0.29) is 31.1 Å². The number of esters is 3. The van der Waals surface area contributed by atoms with Crippen LogP contribution in [-0.4, -0.2) is 37.2 Å². The topological polar surface area (TPSA) is 78.9 Å².